The Labute approximate surface area is 80.7 Å². The summed E-state index contributed by atoms with van der Waals surface area (Å²) in [5, 5.41) is 24.0. The Kier molecular flexibility index (Phi) is 8.58. The Bertz CT molecular complexity index is 240. The Morgan fingerprint density at radius 3 is 1.71 bits per heavy atom. The number of carbonyl (C=O) groups excluding carboxylic acids is 1. The predicted molar refractivity (Wildman–Crippen MR) is 43.5 cm³/mol. The molecule has 0 aromatic carbocycles. The lowest BCUT2D eigenvalue weighted by Gasteiger charge is -1.96. The first kappa shape index (κ1) is 15.7. The van der Waals surface area contributed by atoms with Gasteiger partial charge in [0.2, 0.25) is 0 Å². The van der Waals surface area contributed by atoms with Gasteiger partial charge in [0.15, 0.2) is 0 Å². The van der Waals surface area contributed by atoms with E-state index in [-0.39, 0.29) is 13.2 Å². The van der Waals surface area contributed by atoms with Gasteiger partial charge in [-0.1, -0.05) is 0 Å². The molecule has 0 bridgehead atoms. The normalized spacial score (nSPS) is 10.4. The lowest BCUT2D eigenvalue weighted by Crippen LogP contribution is -2.15. The van der Waals surface area contributed by atoms with Crippen LogP contribution in [0.5, 0.6) is 0 Å². The smallest absolute Gasteiger partial charge is 0.394 e. The molecule has 86 valence electrons. The van der Waals surface area contributed by atoms with E-state index in [2.05, 4.69) is 4.18 Å². The van der Waals surface area contributed by atoms with Crippen molar-refractivity contribution in [2.45, 2.75) is 13.0 Å². The van der Waals surface area contributed by atoms with Gasteiger partial charge in [-0.05, 0) is 0 Å². The van der Waals surface area contributed by atoms with E-state index in [0.717, 1.165) is 6.92 Å². The van der Waals surface area contributed by atoms with Crippen molar-refractivity contribution in [1.82, 2.24) is 0 Å². The van der Waals surface area contributed by atoms with Crippen molar-refractivity contribution >= 4 is 16.4 Å². The third-order valence-corrected chi connectivity index (χ3v) is 1.09. The van der Waals surface area contributed by atoms with Crippen LogP contribution in [0.15, 0.2) is 0 Å². The molecule has 0 aromatic heterocycles. The molecule has 14 heavy (non-hydrogen) atoms. The zero-order valence-corrected chi connectivity index (χ0v) is 8.14. The average Bonchev–Trinajstić information content (AvgIpc) is 1.99. The number of hydrogen-bond acceptors (Lipinski definition) is 7. The van der Waals surface area contributed by atoms with Gasteiger partial charge in [0.05, 0.1) is 13.2 Å². The third kappa shape index (κ3) is 17.4. The first-order chi connectivity index (χ1) is 6.22. The minimum absolute atomic E-state index is 0.365. The molecule has 0 unspecified atom stereocenters. The lowest BCUT2D eigenvalue weighted by molar-refractivity contribution is -0.131. The van der Waals surface area contributed by atoms with Gasteiger partial charge in [0, 0.05) is 6.92 Å². The fraction of sp³-hybridized carbons (Fsp3) is 0.800. The van der Waals surface area contributed by atoms with Crippen LogP contribution in [0, 0.1) is 0 Å². The van der Waals surface area contributed by atoms with Crippen LogP contribution >= 0.6 is 0 Å². The van der Waals surface area contributed by atoms with Crippen LogP contribution in [0.1, 0.15) is 6.92 Å². The molecule has 0 spiro atoms. The molecule has 0 atom stereocenters. The molecule has 0 aliphatic heterocycles. The van der Waals surface area contributed by atoms with Crippen LogP contribution in [-0.4, -0.2) is 53.6 Å². The molecule has 4 N–H and O–H groups in total. The molecule has 0 amide bonds. The highest BCUT2D eigenvalue weighted by Crippen LogP contribution is 1.84. The molecule has 8 nitrogen and oxygen atoms in total. The molecule has 0 fully saturated rings. The number of aliphatic hydroxyl groups excluding tert-OH is 3. The highest BCUT2D eigenvalue weighted by Gasteiger charge is 2.06. The topological polar surface area (TPSA) is 141 Å². The van der Waals surface area contributed by atoms with Crippen LogP contribution < -0.4 is 0 Å². The summed E-state index contributed by atoms with van der Waals surface area (Å²) in [6.45, 7) is 0.140. The quantitative estimate of drug-likeness (QED) is 0.397. The van der Waals surface area contributed by atoms with Crippen LogP contribution in [-0.2, 0) is 19.4 Å². The van der Waals surface area contributed by atoms with Gasteiger partial charge < -0.3 is 19.5 Å². The SMILES string of the molecule is CC(=O)OS(=O)(=O)O.OCC(O)CO. The summed E-state index contributed by atoms with van der Waals surface area (Å²) in [6, 6.07) is 0. The Morgan fingerprint density at radius 2 is 1.71 bits per heavy atom. The molecule has 9 heteroatoms. The second-order valence-corrected chi connectivity index (χ2v) is 3.04. The third-order valence-electron chi connectivity index (χ3n) is 0.644. The monoisotopic (exact) mass is 232 g/mol. The van der Waals surface area contributed by atoms with Crippen LogP contribution in [0.2, 0.25) is 0 Å². The van der Waals surface area contributed by atoms with Gasteiger partial charge in [-0.2, -0.15) is 8.42 Å². The highest BCUT2D eigenvalue weighted by atomic mass is 32.3. The highest BCUT2D eigenvalue weighted by molar-refractivity contribution is 7.81. The van der Waals surface area contributed by atoms with Crippen molar-refractivity contribution in [1.29, 1.82) is 0 Å². The van der Waals surface area contributed by atoms with Gasteiger partial charge in [-0.3, -0.25) is 9.35 Å². The summed E-state index contributed by atoms with van der Waals surface area (Å²) < 4.78 is 30.2. The van der Waals surface area contributed by atoms with Gasteiger partial charge in [0.25, 0.3) is 0 Å². The maximum absolute atomic E-state index is 9.70. The molecule has 0 radical (unpaired) electrons. The predicted octanol–water partition coefficient (Wildman–Crippen LogP) is -2.32. The summed E-state index contributed by atoms with van der Waals surface area (Å²) in [4.78, 5) is 9.70. The molecule has 0 rings (SSSR count). The molecule has 0 aliphatic carbocycles. The van der Waals surface area contributed by atoms with Gasteiger partial charge in [0.1, 0.15) is 6.10 Å². The molecule has 0 saturated heterocycles. The summed E-state index contributed by atoms with van der Waals surface area (Å²) in [7, 11) is -4.57. The Balaban J connectivity index is 0. The maximum atomic E-state index is 9.70. The first-order valence-corrected chi connectivity index (χ1v) is 4.66. The van der Waals surface area contributed by atoms with E-state index in [9.17, 15) is 13.2 Å². The van der Waals surface area contributed by atoms with Crippen LogP contribution in [0.4, 0.5) is 0 Å². The summed E-state index contributed by atoms with van der Waals surface area (Å²) in [5.41, 5.74) is 0. The standard InChI is InChI=1S/C3H8O3.C2H4O5S/c4-1-3(6)2-5;1-2(3)7-8(4,5)6/h3-6H,1-2H2;1H3,(H,4,5,6). The van der Waals surface area contributed by atoms with Crippen molar-refractivity contribution in [3.8, 4) is 0 Å². The van der Waals surface area contributed by atoms with Crippen molar-refractivity contribution in [3.05, 3.63) is 0 Å². The van der Waals surface area contributed by atoms with Crippen molar-refractivity contribution in [3.63, 3.8) is 0 Å². The van der Waals surface area contributed by atoms with E-state index < -0.39 is 22.5 Å². The van der Waals surface area contributed by atoms with Crippen molar-refractivity contribution < 1.29 is 37.3 Å². The van der Waals surface area contributed by atoms with E-state index >= 15 is 0 Å². The van der Waals surface area contributed by atoms with Gasteiger partial charge in [-0.15, -0.1) is 0 Å². The maximum Gasteiger partial charge on any atom is 0.448 e. The fourth-order valence-electron chi connectivity index (χ4n) is 0.206. The number of aliphatic hydroxyl groups is 3. The van der Waals surface area contributed by atoms with E-state index in [4.69, 9.17) is 19.9 Å². The minimum atomic E-state index is -4.57. The summed E-state index contributed by atoms with van der Waals surface area (Å²) in [6.07, 6.45) is -0.954. The average molecular weight is 232 g/mol. The zero-order valence-electron chi connectivity index (χ0n) is 7.32. The Hall–Kier alpha value is -0.740. The molecule has 0 heterocycles. The molecular weight excluding hydrogens is 220 g/mol. The number of rotatable bonds is 3. The first-order valence-electron chi connectivity index (χ1n) is 3.30. The number of carbonyl (C=O) groups is 1. The second-order valence-electron chi connectivity index (χ2n) is 2.02. The largest absolute Gasteiger partial charge is 0.448 e. The zero-order chi connectivity index (χ0) is 11.8. The van der Waals surface area contributed by atoms with E-state index in [1.54, 1.807) is 0 Å². The molecule has 0 saturated carbocycles. The van der Waals surface area contributed by atoms with E-state index in [0.29, 0.717) is 0 Å². The number of hydrogen-bond donors (Lipinski definition) is 4. The van der Waals surface area contributed by atoms with Gasteiger partial charge >= 0.3 is 16.4 Å². The minimum Gasteiger partial charge on any atom is -0.394 e. The van der Waals surface area contributed by atoms with Crippen LogP contribution in [0.25, 0.3) is 0 Å². The van der Waals surface area contributed by atoms with E-state index in [1.807, 2.05) is 0 Å². The van der Waals surface area contributed by atoms with E-state index in [1.165, 1.54) is 0 Å². The van der Waals surface area contributed by atoms with Crippen LogP contribution in [0.3, 0.4) is 0 Å². The Morgan fingerprint density at radius 1 is 1.36 bits per heavy atom. The molecular formula is C5H12O8S. The second kappa shape index (κ2) is 7.64. The fourth-order valence-corrected chi connectivity index (χ4v) is 0.503. The van der Waals surface area contributed by atoms with Crippen molar-refractivity contribution in [2.24, 2.45) is 0 Å². The van der Waals surface area contributed by atoms with Gasteiger partial charge in [-0.25, -0.2) is 0 Å². The summed E-state index contributed by atoms with van der Waals surface area (Å²) >= 11 is 0. The summed E-state index contributed by atoms with van der Waals surface area (Å²) in [5.74, 6) is -1.06. The lowest BCUT2D eigenvalue weighted by atomic mass is 10.4. The van der Waals surface area contributed by atoms with Crippen molar-refractivity contribution in [2.75, 3.05) is 13.2 Å². The molecule has 0 aromatic rings. The molecule has 0 aliphatic rings.